The summed E-state index contributed by atoms with van der Waals surface area (Å²) in [5, 5.41) is 5.72. The van der Waals surface area contributed by atoms with E-state index in [1.165, 1.54) is 0 Å². The maximum atomic E-state index is 13.3. The minimum atomic E-state index is -0.0503. The van der Waals surface area contributed by atoms with E-state index in [0.29, 0.717) is 18.4 Å². The first-order valence-corrected chi connectivity index (χ1v) is 11.1. The van der Waals surface area contributed by atoms with Gasteiger partial charge in [-0.2, -0.15) is 5.10 Å². The third-order valence-corrected chi connectivity index (χ3v) is 6.51. The molecular formula is C24H31N5O2. The van der Waals surface area contributed by atoms with E-state index < -0.39 is 0 Å². The molecule has 2 aromatic heterocycles. The van der Waals surface area contributed by atoms with Gasteiger partial charge in [-0.1, -0.05) is 25.1 Å². The highest BCUT2D eigenvalue weighted by atomic mass is 16.2. The fraction of sp³-hybridized carbons (Fsp3) is 0.458. The first-order chi connectivity index (χ1) is 14.9. The van der Waals surface area contributed by atoms with E-state index in [1.807, 2.05) is 53.8 Å². The summed E-state index contributed by atoms with van der Waals surface area (Å²) in [6, 6.07) is 9.85. The largest absolute Gasteiger partial charge is 0.340 e. The summed E-state index contributed by atoms with van der Waals surface area (Å²) >= 11 is 0. The average Bonchev–Trinajstić information content (AvgIpc) is 3.15. The van der Waals surface area contributed by atoms with Crippen LogP contribution in [-0.2, 0) is 18.3 Å². The van der Waals surface area contributed by atoms with Crippen molar-refractivity contribution < 1.29 is 4.79 Å². The lowest BCUT2D eigenvalue weighted by molar-refractivity contribution is -0.132. The summed E-state index contributed by atoms with van der Waals surface area (Å²) in [4.78, 5) is 30.3. The Balaban J connectivity index is 1.63. The molecule has 0 saturated carbocycles. The zero-order valence-electron chi connectivity index (χ0n) is 18.9. The van der Waals surface area contributed by atoms with Crippen LogP contribution in [0.2, 0.25) is 0 Å². The van der Waals surface area contributed by atoms with Crippen LogP contribution in [0, 0.1) is 13.8 Å². The lowest BCUT2D eigenvalue weighted by Crippen LogP contribution is -2.48. The van der Waals surface area contributed by atoms with Crippen molar-refractivity contribution in [2.75, 3.05) is 32.7 Å². The number of carbonyl (C=O) groups is 1. The second-order valence-corrected chi connectivity index (χ2v) is 8.31. The van der Waals surface area contributed by atoms with Crippen LogP contribution in [0.15, 0.2) is 35.1 Å². The topological polar surface area (TPSA) is 63.4 Å². The molecule has 0 bridgehead atoms. The van der Waals surface area contributed by atoms with Gasteiger partial charge >= 0.3 is 0 Å². The van der Waals surface area contributed by atoms with Crippen LogP contribution < -0.4 is 5.56 Å². The molecule has 0 N–H and O–H groups in total. The van der Waals surface area contributed by atoms with Crippen LogP contribution in [0.1, 0.15) is 30.2 Å². The Morgan fingerprint density at radius 2 is 1.74 bits per heavy atom. The summed E-state index contributed by atoms with van der Waals surface area (Å²) in [7, 11) is 1.79. The summed E-state index contributed by atoms with van der Waals surface area (Å²) in [6.07, 6.45) is 0.816. The Bertz CT molecular complexity index is 1150. The molecule has 0 atom stereocenters. The molecule has 31 heavy (non-hydrogen) atoms. The van der Waals surface area contributed by atoms with Crippen molar-refractivity contribution in [1.29, 1.82) is 0 Å². The number of benzene rings is 1. The molecule has 1 aromatic carbocycles. The smallest absolute Gasteiger partial charge is 0.255 e. The van der Waals surface area contributed by atoms with Gasteiger partial charge < -0.3 is 9.80 Å². The SMILES string of the molecule is CCN1CCN(C(=O)CCc2c(C)c3c(C)nn(-c4ccccc4)c3n(C)c2=O)CC1. The average molecular weight is 422 g/mol. The number of carbonyl (C=O) groups excluding carboxylic acids is 1. The number of fused-ring (bicyclic) bond motifs is 1. The van der Waals surface area contributed by atoms with Crippen molar-refractivity contribution in [2.45, 2.75) is 33.6 Å². The Kier molecular flexibility index (Phi) is 5.96. The molecule has 1 amide bonds. The third-order valence-electron chi connectivity index (χ3n) is 6.51. The van der Waals surface area contributed by atoms with Crippen LogP contribution in [-0.4, -0.2) is 62.8 Å². The highest BCUT2D eigenvalue weighted by Crippen LogP contribution is 2.25. The van der Waals surface area contributed by atoms with Gasteiger partial charge in [-0.25, -0.2) is 4.68 Å². The van der Waals surface area contributed by atoms with Crippen LogP contribution >= 0.6 is 0 Å². The molecule has 1 fully saturated rings. The Labute approximate surface area is 182 Å². The zero-order chi connectivity index (χ0) is 22.1. The highest BCUT2D eigenvalue weighted by Gasteiger charge is 2.23. The van der Waals surface area contributed by atoms with Crippen LogP contribution in [0.25, 0.3) is 16.7 Å². The second kappa shape index (κ2) is 8.67. The minimum absolute atomic E-state index is 0.0503. The molecule has 0 aliphatic carbocycles. The van der Waals surface area contributed by atoms with Crippen LogP contribution in [0.4, 0.5) is 0 Å². The first kappa shape index (κ1) is 21.3. The van der Waals surface area contributed by atoms with E-state index >= 15 is 0 Å². The molecule has 4 rings (SSSR count). The van der Waals surface area contributed by atoms with Crippen molar-refractivity contribution in [3.05, 3.63) is 57.5 Å². The molecule has 3 aromatic rings. The number of hydrogen-bond donors (Lipinski definition) is 0. The molecule has 3 heterocycles. The van der Waals surface area contributed by atoms with Gasteiger partial charge in [0.25, 0.3) is 5.56 Å². The van der Waals surface area contributed by atoms with Gasteiger partial charge in [-0.05, 0) is 44.5 Å². The Hall–Kier alpha value is -2.93. The Morgan fingerprint density at radius 1 is 1.06 bits per heavy atom. The van der Waals surface area contributed by atoms with E-state index in [1.54, 1.807) is 11.6 Å². The summed E-state index contributed by atoms with van der Waals surface area (Å²) < 4.78 is 3.51. The van der Waals surface area contributed by atoms with Gasteiger partial charge in [-0.15, -0.1) is 0 Å². The van der Waals surface area contributed by atoms with E-state index in [9.17, 15) is 9.59 Å². The minimum Gasteiger partial charge on any atom is -0.340 e. The van der Waals surface area contributed by atoms with E-state index in [2.05, 4.69) is 11.8 Å². The number of para-hydroxylation sites is 1. The number of pyridine rings is 1. The maximum Gasteiger partial charge on any atom is 0.255 e. The standard InChI is InChI=1S/C24H31N5O2/c1-5-27-13-15-28(16-14-27)21(30)12-11-20-17(2)22-18(3)25-29(19-9-7-6-8-10-19)23(22)26(4)24(20)31/h6-10H,5,11-16H2,1-4H3. The van der Waals surface area contributed by atoms with Gasteiger partial charge in [0, 0.05) is 50.6 Å². The summed E-state index contributed by atoms with van der Waals surface area (Å²) in [6.45, 7) is 10.5. The molecule has 7 heteroatoms. The van der Waals surface area contributed by atoms with Gasteiger partial charge in [0.2, 0.25) is 5.91 Å². The first-order valence-electron chi connectivity index (χ1n) is 11.1. The van der Waals surface area contributed by atoms with Crippen LogP contribution in [0.5, 0.6) is 0 Å². The molecule has 0 unspecified atom stereocenters. The highest BCUT2D eigenvalue weighted by molar-refractivity contribution is 5.85. The number of hydrogen-bond acceptors (Lipinski definition) is 4. The van der Waals surface area contributed by atoms with Gasteiger partial charge in [0.05, 0.1) is 11.4 Å². The van der Waals surface area contributed by atoms with E-state index in [0.717, 1.165) is 60.7 Å². The lowest BCUT2D eigenvalue weighted by atomic mass is 10.0. The van der Waals surface area contributed by atoms with Crippen molar-refractivity contribution in [2.24, 2.45) is 7.05 Å². The van der Waals surface area contributed by atoms with E-state index in [4.69, 9.17) is 5.10 Å². The maximum absolute atomic E-state index is 13.3. The Morgan fingerprint density at radius 3 is 2.39 bits per heavy atom. The van der Waals surface area contributed by atoms with Gasteiger partial charge in [0.15, 0.2) is 0 Å². The molecule has 0 spiro atoms. The number of aromatic nitrogens is 3. The third kappa shape index (κ3) is 3.90. The fourth-order valence-corrected chi connectivity index (χ4v) is 4.62. The molecule has 7 nitrogen and oxygen atoms in total. The summed E-state index contributed by atoms with van der Waals surface area (Å²) in [5.74, 6) is 0.133. The van der Waals surface area contributed by atoms with Crippen LogP contribution in [0.3, 0.4) is 0 Å². The van der Waals surface area contributed by atoms with Crippen molar-refractivity contribution >= 4 is 16.9 Å². The predicted octanol–water partition coefficient (Wildman–Crippen LogP) is 2.44. The molecule has 164 valence electrons. The monoisotopic (exact) mass is 421 g/mol. The van der Waals surface area contributed by atoms with Crippen molar-refractivity contribution in [1.82, 2.24) is 24.1 Å². The zero-order valence-corrected chi connectivity index (χ0v) is 18.9. The number of piperazine rings is 1. The van der Waals surface area contributed by atoms with E-state index in [-0.39, 0.29) is 11.5 Å². The number of nitrogens with zero attached hydrogens (tertiary/aromatic N) is 5. The normalized spacial score (nSPS) is 15.0. The van der Waals surface area contributed by atoms with Crippen molar-refractivity contribution in [3.8, 4) is 5.69 Å². The molecule has 1 aliphatic heterocycles. The van der Waals surface area contributed by atoms with Crippen molar-refractivity contribution in [3.63, 3.8) is 0 Å². The molecule has 1 saturated heterocycles. The number of amides is 1. The lowest BCUT2D eigenvalue weighted by Gasteiger charge is -2.34. The quantitative estimate of drug-likeness (QED) is 0.635. The number of likely N-dealkylation sites (N-methyl/N-ethyl adjacent to an activating group) is 1. The second-order valence-electron chi connectivity index (χ2n) is 8.31. The molecule has 1 aliphatic rings. The molecule has 0 radical (unpaired) electrons. The number of rotatable bonds is 5. The number of aryl methyl sites for hydroxylation is 3. The fourth-order valence-electron chi connectivity index (χ4n) is 4.62. The predicted molar refractivity (Wildman–Crippen MR) is 123 cm³/mol. The molecular weight excluding hydrogens is 390 g/mol. The summed E-state index contributed by atoms with van der Waals surface area (Å²) in [5.41, 5.74) is 4.19. The van der Waals surface area contributed by atoms with Gasteiger partial charge in [0.1, 0.15) is 5.65 Å². The van der Waals surface area contributed by atoms with Gasteiger partial charge in [-0.3, -0.25) is 14.2 Å².